The zero-order valence-corrected chi connectivity index (χ0v) is 26.4. The fraction of sp³-hybridized carbons (Fsp3) is 0.222. The third-order valence-corrected chi connectivity index (χ3v) is 9.62. The van der Waals surface area contributed by atoms with E-state index in [1.807, 2.05) is 43.3 Å². The van der Waals surface area contributed by atoms with Crippen LogP contribution in [0.15, 0.2) is 83.3 Å². The number of aryl methyl sites for hydroxylation is 1. The summed E-state index contributed by atoms with van der Waals surface area (Å²) in [5, 5.41) is 0.569. The van der Waals surface area contributed by atoms with E-state index in [4.69, 9.17) is 4.42 Å². The highest BCUT2D eigenvalue weighted by Crippen LogP contribution is 2.42. The summed E-state index contributed by atoms with van der Waals surface area (Å²) in [5.41, 5.74) is 6.40. The summed E-state index contributed by atoms with van der Waals surface area (Å²) >= 11 is 0. The van der Waals surface area contributed by atoms with Gasteiger partial charge in [-0.3, -0.25) is 13.9 Å². The van der Waals surface area contributed by atoms with Gasteiger partial charge in [-0.2, -0.15) is 0 Å². The van der Waals surface area contributed by atoms with Crippen LogP contribution in [0.4, 0.5) is 10.1 Å². The summed E-state index contributed by atoms with van der Waals surface area (Å²) in [6.45, 7) is 4.64. The maximum atomic E-state index is 13.7. The maximum Gasteiger partial charge on any atom is 0.254 e. The number of carbonyl (C=O) groups is 2. The van der Waals surface area contributed by atoms with Gasteiger partial charge in [0.05, 0.1) is 17.5 Å². The molecule has 45 heavy (non-hydrogen) atoms. The third-order valence-electron chi connectivity index (χ3n) is 8.43. The number of hydrogen-bond donors (Lipinski definition) is 0. The molecular weight excluding hydrogens is 591 g/mol. The number of sulfonamides is 1. The average Bonchev–Trinajstić information content (AvgIpc) is 3.40. The first-order chi connectivity index (χ1) is 21.4. The molecule has 9 heteroatoms. The molecular formula is C36H33FN2O5S. The first kappa shape index (κ1) is 30.3. The van der Waals surface area contributed by atoms with Crippen LogP contribution >= 0.6 is 0 Å². The van der Waals surface area contributed by atoms with Crippen LogP contribution in [-0.2, 0) is 23.0 Å². The molecule has 0 saturated heterocycles. The monoisotopic (exact) mass is 624 g/mol. The summed E-state index contributed by atoms with van der Waals surface area (Å²) in [4.78, 5) is 28.8. The van der Waals surface area contributed by atoms with Crippen molar-refractivity contribution < 1.29 is 26.8 Å². The van der Waals surface area contributed by atoms with Gasteiger partial charge in [-0.05, 0) is 54.3 Å². The van der Waals surface area contributed by atoms with Crippen molar-refractivity contribution in [2.75, 3.05) is 24.2 Å². The third kappa shape index (κ3) is 5.76. The van der Waals surface area contributed by atoms with Crippen molar-refractivity contribution in [1.82, 2.24) is 4.90 Å². The van der Waals surface area contributed by atoms with Gasteiger partial charge in [-0.1, -0.05) is 61.0 Å². The Labute approximate surface area is 261 Å². The molecule has 0 N–H and O–H groups in total. The zero-order valence-electron chi connectivity index (χ0n) is 25.6. The molecule has 1 amide bonds. The SMILES string of the molecule is CCC(=O)c1c(-c2ccc(C)cc2)oc2cc(N(C)S(C)(=O)=O)c(-c3ccc4c(c3)C(=O)N(Cc3ccc(F)cc3)CC4)cc12. The second kappa shape index (κ2) is 11.6. The van der Waals surface area contributed by atoms with Crippen molar-refractivity contribution in [2.24, 2.45) is 0 Å². The number of nitrogens with zero attached hydrogens (tertiary/aromatic N) is 2. The number of carbonyl (C=O) groups excluding carboxylic acids is 2. The van der Waals surface area contributed by atoms with Crippen molar-refractivity contribution in [3.63, 3.8) is 0 Å². The summed E-state index contributed by atoms with van der Waals surface area (Å²) in [6, 6.07) is 22.8. The Balaban J connectivity index is 1.51. The van der Waals surface area contributed by atoms with E-state index in [2.05, 4.69) is 0 Å². The Morgan fingerprint density at radius 3 is 2.31 bits per heavy atom. The van der Waals surface area contributed by atoms with Gasteiger partial charge in [0.1, 0.15) is 17.2 Å². The summed E-state index contributed by atoms with van der Waals surface area (Å²) in [7, 11) is -2.22. The number of anilines is 1. The van der Waals surface area contributed by atoms with Gasteiger partial charge >= 0.3 is 0 Å². The number of fused-ring (bicyclic) bond motifs is 2. The minimum atomic E-state index is -3.69. The molecule has 0 unspecified atom stereocenters. The summed E-state index contributed by atoms with van der Waals surface area (Å²) in [5.74, 6) is -0.165. The van der Waals surface area contributed by atoms with Gasteiger partial charge in [0.15, 0.2) is 5.78 Å². The van der Waals surface area contributed by atoms with Crippen LogP contribution in [0.1, 0.15) is 50.8 Å². The molecule has 1 aromatic heterocycles. The molecule has 0 spiro atoms. The van der Waals surface area contributed by atoms with Crippen LogP contribution in [0.5, 0.6) is 0 Å². The van der Waals surface area contributed by atoms with Gasteiger partial charge in [0, 0.05) is 54.7 Å². The van der Waals surface area contributed by atoms with Gasteiger partial charge in [-0.15, -0.1) is 0 Å². The fourth-order valence-corrected chi connectivity index (χ4v) is 6.32. The largest absolute Gasteiger partial charge is 0.455 e. The number of amides is 1. The van der Waals surface area contributed by atoms with E-state index in [1.165, 1.54) is 23.5 Å². The molecule has 5 aromatic rings. The van der Waals surface area contributed by atoms with Crippen LogP contribution in [0.25, 0.3) is 33.4 Å². The van der Waals surface area contributed by atoms with Crippen LogP contribution < -0.4 is 4.31 Å². The molecule has 230 valence electrons. The first-order valence-electron chi connectivity index (χ1n) is 14.8. The molecule has 0 bridgehead atoms. The number of benzene rings is 4. The second-order valence-electron chi connectivity index (χ2n) is 11.5. The lowest BCUT2D eigenvalue weighted by Gasteiger charge is -2.29. The Hall–Kier alpha value is -4.76. The van der Waals surface area contributed by atoms with E-state index in [0.29, 0.717) is 64.2 Å². The minimum absolute atomic E-state index is 0.100. The highest BCUT2D eigenvalue weighted by atomic mass is 32.2. The molecule has 4 aromatic carbocycles. The van der Waals surface area contributed by atoms with Gasteiger partial charge < -0.3 is 9.32 Å². The molecule has 1 aliphatic heterocycles. The average molecular weight is 625 g/mol. The number of ketones is 1. The van der Waals surface area contributed by atoms with Crippen LogP contribution in [-0.4, -0.2) is 44.9 Å². The Morgan fingerprint density at radius 2 is 1.64 bits per heavy atom. The van der Waals surface area contributed by atoms with Crippen molar-refractivity contribution in [3.8, 4) is 22.5 Å². The standard InChI is InChI=1S/C36H33FN2O5S/c1-5-32(40)34-30-19-28(31(38(3)45(4,42)43)20-33(30)44-35(34)25-10-6-22(2)7-11-25)26-13-12-24-16-17-39(36(41)29(24)18-26)21-23-8-14-27(37)15-9-23/h6-15,18-20H,5,16-17,21H2,1-4H3. The van der Waals surface area contributed by atoms with E-state index < -0.39 is 10.0 Å². The van der Waals surface area contributed by atoms with E-state index in [1.54, 1.807) is 42.2 Å². The molecule has 0 fully saturated rings. The van der Waals surface area contributed by atoms with Crippen molar-refractivity contribution >= 4 is 38.4 Å². The van der Waals surface area contributed by atoms with Crippen LogP contribution in [0.3, 0.4) is 0 Å². The molecule has 0 atom stereocenters. The second-order valence-corrected chi connectivity index (χ2v) is 13.5. The van der Waals surface area contributed by atoms with Gasteiger partial charge in [-0.25, -0.2) is 12.8 Å². The smallest absolute Gasteiger partial charge is 0.254 e. The number of halogens is 1. The lowest BCUT2D eigenvalue weighted by molar-refractivity contribution is 0.0727. The van der Waals surface area contributed by atoms with Crippen LogP contribution in [0, 0.1) is 12.7 Å². The topological polar surface area (TPSA) is 87.9 Å². The molecule has 7 nitrogen and oxygen atoms in total. The predicted molar refractivity (Wildman–Crippen MR) is 175 cm³/mol. The summed E-state index contributed by atoms with van der Waals surface area (Å²) < 4.78 is 46.6. The van der Waals surface area contributed by atoms with Crippen molar-refractivity contribution in [3.05, 3.63) is 112 Å². The normalized spacial score (nSPS) is 13.3. The minimum Gasteiger partial charge on any atom is -0.455 e. The van der Waals surface area contributed by atoms with Crippen molar-refractivity contribution in [2.45, 2.75) is 33.2 Å². The van der Waals surface area contributed by atoms with Crippen molar-refractivity contribution in [1.29, 1.82) is 0 Å². The van der Waals surface area contributed by atoms with E-state index in [-0.39, 0.29) is 23.9 Å². The number of rotatable bonds is 8. The van der Waals surface area contributed by atoms with Gasteiger partial charge in [0.2, 0.25) is 10.0 Å². The number of furan rings is 1. The highest BCUT2D eigenvalue weighted by Gasteiger charge is 2.28. The zero-order chi connectivity index (χ0) is 32.0. The molecule has 0 radical (unpaired) electrons. The first-order valence-corrected chi connectivity index (χ1v) is 16.6. The molecule has 0 aliphatic carbocycles. The van der Waals surface area contributed by atoms with E-state index >= 15 is 0 Å². The van der Waals surface area contributed by atoms with E-state index in [9.17, 15) is 22.4 Å². The number of Topliss-reactive ketones (excluding diaryl/α,β-unsaturated/α-hetero) is 1. The number of hydrogen-bond acceptors (Lipinski definition) is 5. The van der Waals surface area contributed by atoms with Gasteiger partial charge in [0.25, 0.3) is 5.91 Å². The predicted octanol–water partition coefficient (Wildman–Crippen LogP) is 7.40. The Kier molecular flexibility index (Phi) is 7.82. The molecule has 0 saturated carbocycles. The molecule has 1 aliphatic rings. The van der Waals surface area contributed by atoms with E-state index in [0.717, 1.165) is 28.5 Å². The highest BCUT2D eigenvalue weighted by molar-refractivity contribution is 7.92. The summed E-state index contributed by atoms with van der Waals surface area (Å²) in [6.07, 6.45) is 2.02. The maximum absolute atomic E-state index is 13.7. The van der Waals surface area contributed by atoms with Crippen LogP contribution in [0.2, 0.25) is 0 Å². The Bertz CT molecular complexity index is 2070. The lowest BCUT2D eigenvalue weighted by atomic mass is 9.92. The Morgan fingerprint density at radius 1 is 0.956 bits per heavy atom. The molecule has 6 rings (SSSR count). The quantitative estimate of drug-likeness (QED) is 0.168. The fourth-order valence-electron chi connectivity index (χ4n) is 5.81. The lowest BCUT2D eigenvalue weighted by Crippen LogP contribution is -2.37. The molecule has 2 heterocycles.